The summed E-state index contributed by atoms with van der Waals surface area (Å²) < 4.78 is 24.4. The van der Waals surface area contributed by atoms with Gasteiger partial charge in [0.2, 0.25) is 10.0 Å². The first kappa shape index (κ1) is 16.3. The zero-order valence-electron chi connectivity index (χ0n) is 11.8. The standard InChI is InChI=1S/C12H20N4O3S/c1-14-12(17)9-4-5-10(13)11(8-9)15-6-7-20(18,19)16(2)3/h4-5,8,15H,6-7,13H2,1-3H3,(H,14,17). The second kappa shape index (κ2) is 6.58. The van der Waals surface area contributed by atoms with Crippen LogP contribution in [-0.2, 0) is 10.0 Å². The van der Waals surface area contributed by atoms with Crippen LogP contribution in [0.4, 0.5) is 11.4 Å². The topological polar surface area (TPSA) is 105 Å². The van der Waals surface area contributed by atoms with Gasteiger partial charge in [-0.25, -0.2) is 12.7 Å². The quantitative estimate of drug-likeness (QED) is 0.638. The van der Waals surface area contributed by atoms with E-state index in [1.165, 1.54) is 25.4 Å². The third-order valence-electron chi connectivity index (χ3n) is 2.77. The van der Waals surface area contributed by atoms with Crippen molar-refractivity contribution in [3.63, 3.8) is 0 Å². The molecule has 0 heterocycles. The number of benzene rings is 1. The molecule has 0 atom stereocenters. The van der Waals surface area contributed by atoms with E-state index in [9.17, 15) is 13.2 Å². The molecule has 8 heteroatoms. The number of hydrogen-bond acceptors (Lipinski definition) is 5. The average Bonchev–Trinajstić information content (AvgIpc) is 2.39. The van der Waals surface area contributed by atoms with Gasteiger partial charge in [0, 0.05) is 33.3 Å². The smallest absolute Gasteiger partial charge is 0.251 e. The molecule has 1 aromatic rings. The zero-order valence-corrected chi connectivity index (χ0v) is 12.6. The van der Waals surface area contributed by atoms with Gasteiger partial charge in [-0.1, -0.05) is 0 Å². The van der Waals surface area contributed by atoms with Crippen molar-refractivity contribution in [2.75, 3.05) is 44.5 Å². The van der Waals surface area contributed by atoms with Crippen molar-refractivity contribution in [1.82, 2.24) is 9.62 Å². The molecule has 112 valence electrons. The SMILES string of the molecule is CNC(=O)c1ccc(N)c(NCCS(=O)(=O)N(C)C)c1. The summed E-state index contributed by atoms with van der Waals surface area (Å²) in [6.45, 7) is 0.210. The van der Waals surface area contributed by atoms with E-state index in [4.69, 9.17) is 5.73 Å². The summed E-state index contributed by atoms with van der Waals surface area (Å²) in [5.74, 6) is -0.280. The molecular formula is C12H20N4O3S. The Kier molecular flexibility index (Phi) is 5.34. The Morgan fingerprint density at radius 3 is 2.55 bits per heavy atom. The van der Waals surface area contributed by atoms with Crippen LogP contribution in [0.2, 0.25) is 0 Å². The highest BCUT2D eigenvalue weighted by molar-refractivity contribution is 7.89. The van der Waals surface area contributed by atoms with Crippen LogP contribution in [0.5, 0.6) is 0 Å². The number of nitrogens with two attached hydrogens (primary N) is 1. The molecule has 0 fully saturated rings. The number of anilines is 2. The van der Waals surface area contributed by atoms with Gasteiger partial charge in [0.25, 0.3) is 5.91 Å². The Bertz CT molecular complexity index is 584. The van der Waals surface area contributed by atoms with Crippen molar-refractivity contribution >= 4 is 27.3 Å². The molecule has 0 saturated carbocycles. The number of nitrogens with one attached hydrogen (secondary N) is 2. The fourth-order valence-corrected chi connectivity index (χ4v) is 2.22. The summed E-state index contributed by atoms with van der Waals surface area (Å²) >= 11 is 0. The van der Waals surface area contributed by atoms with E-state index in [-0.39, 0.29) is 18.2 Å². The van der Waals surface area contributed by atoms with Crippen LogP contribution in [0.1, 0.15) is 10.4 Å². The largest absolute Gasteiger partial charge is 0.397 e. The van der Waals surface area contributed by atoms with Crippen LogP contribution in [0.25, 0.3) is 0 Å². The lowest BCUT2D eigenvalue weighted by molar-refractivity contribution is 0.0963. The van der Waals surface area contributed by atoms with E-state index < -0.39 is 10.0 Å². The van der Waals surface area contributed by atoms with Gasteiger partial charge in [0.1, 0.15) is 0 Å². The Hall–Kier alpha value is -1.80. The highest BCUT2D eigenvalue weighted by atomic mass is 32.2. The van der Waals surface area contributed by atoms with E-state index in [0.29, 0.717) is 16.9 Å². The third kappa shape index (κ3) is 4.10. The second-order valence-corrected chi connectivity index (χ2v) is 6.71. The predicted molar refractivity (Wildman–Crippen MR) is 80.2 cm³/mol. The maximum atomic E-state index is 11.6. The van der Waals surface area contributed by atoms with Gasteiger partial charge in [-0.3, -0.25) is 4.79 Å². The Morgan fingerprint density at radius 2 is 2.00 bits per heavy atom. The normalized spacial score (nSPS) is 11.4. The van der Waals surface area contributed by atoms with Crippen LogP contribution >= 0.6 is 0 Å². The molecule has 0 aliphatic rings. The Labute approximate surface area is 119 Å². The minimum absolute atomic E-state index is 0.0519. The van der Waals surface area contributed by atoms with E-state index in [2.05, 4.69) is 10.6 Å². The maximum Gasteiger partial charge on any atom is 0.251 e. The molecule has 7 nitrogen and oxygen atoms in total. The molecule has 0 bridgehead atoms. The van der Waals surface area contributed by atoms with Crippen LogP contribution in [0.15, 0.2) is 18.2 Å². The van der Waals surface area contributed by atoms with E-state index in [0.717, 1.165) is 0 Å². The first-order valence-electron chi connectivity index (χ1n) is 6.03. The number of hydrogen-bond donors (Lipinski definition) is 3. The minimum Gasteiger partial charge on any atom is -0.397 e. The van der Waals surface area contributed by atoms with Gasteiger partial charge < -0.3 is 16.4 Å². The molecule has 1 amide bonds. The van der Waals surface area contributed by atoms with Crippen molar-refractivity contribution < 1.29 is 13.2 Å². The summed E-state index contributed by atoms with van der Waals surface area (Å²) in [6, 6.07) is 4.81. The average molecular weight is 300 g/mol. The highest BCUT2D eigenvalue weighted by Crippen LogP contribution is 2.19. The molecule has 20 heavy (non-hydrogen) atoms. The van der Waals surface area contributed by atoms with E-state index in [1.54, 1.807) is 18.2 Å². The van der Waals surface area contributed by atoms with Crippen molar-refractivity contribution in [3.05, 3.63) is 23.8 Å². The molecular weight excluding hydrogens is 280 g/mol. The summed E-state index contributed by atoms with van der Waals surface area (Å²) in [5.41, 5.74) is 7.24. The minimum atomic E-state index is -3.26. The number of amides is 1. The Morgan fingerprint density at radius 1 is 1.35 bits per heavy atom. The highest BCUT2D eigenvalue weighted by Gasteiger charge is 2.13. The fourth-order valence-electron chi connectivity index (χ4n) is 1.49. The number of carbonyl (C=O) groups is 1. The number of carbonyl (C=O) groups excluding carboxylic acids is 1. The summed E-state index contributed by atoms with van der Waals surface area (Å²) in [4.78, 5) is 11.5. The lowest BCUT2D eigenvalue weighted by Gasteiger charge is -2.14. The zero-order chi connectivity index (χ0) is 15.3. The number of nitrogen functional groups attached to an aromatic ring is 1. The lowest BCUT2D eigenvalue weighted by atomic mass is 10.1. The predicted octanol–water partition coefficient (Wildman–Crippen LogP) is -0.0683. The summed E-state index contributed by atoms with van der Waals surface area (Å²) in [6.07, 6.45) is 0. The number of rotatable bonds is 6. The van der Waals surface area contributed by atoms with Gasteiger partial charge in [-0.15, -0.1) is 0 Å². The van der Waals surface area contributed by atoms with Crippen LogP contribution in [0.3, 0.4) is 0 Å². The van der Waals surface area contributed by atoms with Gasteiger partial charge >= 0.3 is 0 Å². The van der Waals surface area contributed by atoms with Crippen molar-refractivity contribution in [2.24, 2.45) is 0 Å². The molecule has 0 aromatic heterocycles. The first-order chi connectivity index (χ1) is 9.27. The van der Waals surface area contributed by atoms with Gasteiger partial charge in [0.05, 0.1) is 17.1 Å². The van der Waals surface area contributed by atoms with Crippen LogP contribution < -0.4 is 16.4 Å². The molecule has 0 aliphatic carbocycles. The van der Waals surface area contributed by atoms with Crippen molar-refractivity contribution in [1.29, 1.82) is 0 Å². The van der Waals surface area contributed by atoms with Gasteiger partial charge in [0.15, 0.2) is 0 Å². The van der Waals surface area contributed by atoms with E-state index >= 15 is 0 Å². The molecule has 0 radical (unpaired) electrons. The van der Waals surface area contributed by atoms with Gasteiger partial charge in [-0.05, 0) is 18.2 Å². The molecule has 0 spiro atoms. The number of sulfonamides is 1. The molecule has 1 rings (SSSR count). The summed E-state index contributed by atoms with van der Waals surface area (Å²) in [5, 5.41) is 5.45. The molecule has 0 saturated heterocycles. The third-order valence-corrected chi connectivity index (χ3v) is 4.61. The molecule has 4 N–H and O–H groups in total. The van der Waals surface area contributed by atoms with Crippen LogP contribution in [0, 0.1) is 0 Å². The molecule has 0 aliphatic heterocycles. The number of nitrogens with zero attached hydrogens (tertiary/aromatic N) is 1. The van der Waals surface area contributed by atoms with Crippen LogP contribution in [-0.4, -0.2) is 52.1 Å². The Balaban J connectivity index is 2.76. The first-order valence-corrected chi connectivity index (χ1v) is 7.64. The molecule has 0 unspecified atom stereocenters. The second-order valence-electron chi connectivity index (χ2n) is 4.41. The molecule has 1 aromatic carbocycles. The lowest BCUT2D eigenvalue weighted by Crippen LogP contribution is -2.28. The monoisotopic (exact) mass is 300 g/mol. The maximum absolute atomic E-state index is 11.6. The van der Waals surface area contributed by atoms with Gasteiger partial charge in [-0.2, -0.15) is 0 Å². The fraction of sp³-hybridized carbons (Fsp3) is 0.417. The van der Waals surface area contributed by atoms with E-state index in [1.807, 2.05) is 0 Å². The van der Waals surface area contributed by atoms with Crippen molar-refractivity contribution in [3.8, 4) is 0 Å². The summed E-state index contributed by atoms with van der Waals surface area (Å²) in [7, 11) is 1.24. The van der Waals surface area contributed by atoms with Crippen molar-refractivity contribution in [2.45, 2.75) is 0 Å².